The molecule has 1 saturated heterocycles. The Morgan fingerprint density at radius 3 is 1.81 bits per heavy atom. The van der Waals surface area contributed by atoms with Crippen molar-refractivity contribution in [1.29, 1.82) is 0 Å². The van der Waals surface area contributed by atoms with Gasteiger partial charge in [0.15, 0.2) is 0 Å². The molecule has 2 bridgehead atoms. The number of carbonyl (C=O) groups is 3. The highest BCUT2D eigenvalue weighted by atomic mass is 16.5. The highest BCUT2D eigenvalue weighted by Gasteiger charge is 2.62. The van der Waals surface area contributed by atoms with Gasteiger partial charge in [-0.25, -0.2) is 9.69 Å². The molecule has 4 atom stereocenters. The maximum atomic E-state index is 13.8. The van der Waals surface area contributed by atoms with Crippen molar-refractivity contribution < 1.29 is 19.1 Å². The molecule has 178 valence electrons. The number of hydrogen-bond donors (Lipinski definition) is 0. The topological polar surface area (TPSA) is 63.7 Å². The summed E-state index contributed by atoms with van der Waals surface area (Å²) >= 11 is 0. The number of carbonyl (C=O) groups excluding carboxylic acids is 3. The number of benzene rings is 3. The van der Waals surface area contributed by atoms with Crippen LogP contribution in [0.25, 0.3) is 5.57 Å². The predicted molar refractivity (Wildman–Crippen MR) is 137 cm³/mol. The minimum Gasteiger partial charge on any atom is -0.462 e. The lowest BCUT2D eigenvalue weighted by atomic mass is 9.85. The number of ether oxygens (including phenoxy) is 1. The number of nitrogens with zero attached hydrogens (tertiary/aromatic N) is 1. The van der Waals surface area contributed by atoms with E-state index in [1.54, 1.807) is 31.2 Å². The molecule has 5 heteroatoms. The van der Waals surface area contributed by atoms with Gasteiger partial charge >= 0.3 is 5.97 Å². The number of amides is 2. The second kappa shape index (κ2) is 8.76. The molecule has 1 heterocycles. The number of allylic oxidation sites excluding steroid dienone is 3. The SMILES string of the molecule is CCOC(=O)c1cccc(N2C(=O)[C@@H]3[C@H](C2=O)[C@H]2C=C[C@@H]3C2=C(c2ccccc2)c2ccccc2)c1. The van der Waals surface area contributed by atoms with Gasteiger partial charge in [-0.3, -0.25) is 9.59 Å². The van der Waals surface area contributed by atoms with E-state index in [1.807, 2.05) is 36.4 Å². The van der Waals surface area contributed by atoms with E-state index >= 15 is 0 Å². The fourth-order valence-corrected chi connectivity index (χ4v) is 6.05. The molecule has 6 rings (SSSR count). The van der Waals surface area contributed by atoms with E-state index in [2.05, 4.69) is 36.4 Å². The van der Waals surface area contributed by atoms with Crippen molar-refractivity contribution in [1.82, 2.24) is 0 Å². The second-order valence-electron chi connectivity index (χ2n) is 9.33. The maximum Gasteiger partial charge on any atom is 0.338 e. The Bertz CT molecular complexity index is 1350. The monoisotopic (exact) mass is 475 g/mol. The third-order valence-electron chi connectivity index (χ3n) is 7.44. The van der Waals surface area contributed by atoms with Gasteiger partial charge in [0.05, 0.1) is 29.7 Å². The van der Waals surface area contributed by atoms with Crippen LogP contribution < -0.4 is 4.90 Å². The van der Waals surface area contributed by atoms with Gasteiger partial charge < -0.3 is 4.74 Å². The summed E-state index contributed by atoms with van der Waals surface area (Å²) in [4.78, 5) is 41.1. The Morgan fingerprint density at radius 2 is 1.28 bits per heavy atom. The minimum atomic E-state index is -0.471. The smallest absolute Gasteiger partial charge is 0.338 e. The molecule has 0 aromatic heterocycles. The third kappa shape index (κ3) is 3.34. The lowest BCUT2D eigenvalue weighted by Gasteiger charge is -2.22. The molecule has 0 spiro atoms. The van der Waals surface area contributed by atoms with Crippen molar-refractivity contribution >= 4 is 29.0 Å². The first-order chi connectivity index (χ1) is 17.6. The first-order valence-corrected chi connectivity index (χ1v) is 12.3. The molecule has 2 amide bonds. The molecule has 3 aliphatic rings. The number of rotatable bonds is 5. The highest BCUT2D eigenvalue weighted by Crippen LogP contribution is 2.58. The molecule has 36 heavy (non-hydrogen) atoms. The lowest BCUT2D eigenvalue weighted by Crippen LogP contribution is -2.33. The highest BCUT2D eigenvalue weighted by molar-refractivity contribution is 6.23. The molecule has 0 unspecified atom stereocenters. The van der Waals surface area contributed by atoms with E-state index in [0.29, 0.717) is 11.3 Å². The van der Waals surface area contributed by atoms with Crippen molar-refractivity contribution in [3.8, 4) is 0 Å². The van der Waals surface area contributed by atoms with Crippen molar-refractivity contribution in [3.05, 3.63) is 119 Å². The molecule has 2 aliphatic carbocycles. The van der Waals surface area contributed by atoms with Crippen molar-refractivity contribution in [3.63, 3.8) is 0 Å². The molecule has 0 N–H and O–H groups in total. The summed E-state index contributed by atoms with van der Waals surface area (Å²) in [5.74, 6) is -2.08. The normalized spacial score (nSPS) is 23.8. The van der Waals surface area contributed by atoms with Crippen LogP contribution >= 0.6 is 0 Å². The van der Waals surface area contributed by atoms with Crippen LogP contribution in [0, 0.1) is 23.7 Å². The average molecular weight is 476 g/mol. The molecular formula is C31H25NO4. The van der Waals surface area contributed by atoms with Crippen LogP contribution in [0.4, 0.5) is 5.69 Å². The predicted octanol–water partition coefficient (Wildman–Crippen LogP) is 5.29. The first-order valence-electron chi connectivity index (χ1n) is 12.3. The summed E-state index contributed by atoms with van der Waals surface area (Å²) < 4.78 is 5.10. The summed E-state index contributed by atoms with van der Waals surface area (Å²) in [5.41, 5.74) is 5.14. The molecule has 1 saturated carbocycles. The number of hydrogen-bond acceptors (Lipinski definition) is 4. The van der Waals surface area contributed by atoms with Crippen LogP contribution in [0.3, 0.4) is 0 Å². The Morgan fingerprint density at radius 1 is 0.750 bits per heavy atom. The van der Waals surface area contributed by atoms with Gasteiger partial charge in [-0.1, -0.05) is 78.9 Å². The van der Waals surface area contributed by atoms with Gasteiger partial charge in [-0.05, 0) is 47.4 Å². The van der Waals surface area contributed by atoms with Gasteiger partial charge in [0, 0.05) is 11.8 Å². The standard InChI is InChI=1S/C31H25NO4/c1-2-36-31(35)21-14-9-15-22(18-21)32-29(33)27-23-16-17-24(28(27)30(32)34)26(23)25(19-10-5-3-6-11-19)20-12-7-4-8-13-20/h3-18,23-24,27-28H,2H2,1H3/t23-,24+,27+,28-. The molecule has 1 aliphatic heterocycles. The van der Waals surface area contributed by atoms with Crippen molar-refractivity contribution in [2.75, 3.05) is 11.5 Å². The van der Waals surface area contributed by atoms with Gasteiger partial charge in [-0.15, -0.1) is 0 Å². The van der Waals surface area contributed by atoms with E-state index in [-0.39, 0.29) is 30.3 Å². The van der Waals surface area contributed by atoms with E-state index in [1.165, 1.54) is 4.90 Å². The zero-order valence-corrected chi connectivity index (χ0v) is 19.8. The first kappa shape index (κ1) is 22.2. The third-order valence-corrected chi connectivity index (χ3v) is 7.44. The Labute approximate surface area is 209 Å². The molecular weight excluding hydrogens is 450 g/mol. The molecule has 3 aromatic carbocycles. The largest absolute Gasteiger partial charge is 0.462 e. The summed E-state index contributed by atoms with van der Waals surface area (Å²) in [7, 11) is 0. The van der Waals surface area contributed by atoms with Gasteiger partial charge in [0.25, 0.3) is 0 Å². The van der Waals surface area contributed by atoms with Crippen LogP contribution in [-0.2, 0) is 14.3 Å². The number of imide groups is 1. The summed E-state index contributed by atoms with van der Waals surface area (Å²) in [6, 6.07) is 26.9. The zero-order chi connectivity index (χ0) is 24.8. The second-order valence-corrected chi connectivity index (χ2v) is 9.33. The number of fused-ring (bicyclic) bond motifs is 5. The minimum absolute atomic E-state index is 0.148. The Balaban J connectivity index is 1.42. The number of anilines is 1. The molecule has 5 nitrogen and oxygen atoms in total. The molecule has 0 radical (unpaired) electrons. The Kier molecular flexibility index (Phi) is 5.41. The van der Waals surface area contributed by atoms with E-state index < -0.39 is 17.8 Å². The summed E-state index contributed by atoms with van der Waals surface area (Å²) in [6.45, 7) is 1.99. The quantitative estimate of drug-likeness (QED) is 0.286. The van der Waals surface area contributed by atoms with Crippen LogP contribution in [0.2, 0.25) is 0 Å². The van der Waals surface area contributed by atoms with Gasteiger partial charge in [0.2, 0.25) is 11.8 Å². The van der Waals surface area contributed by atoms with Gasteiger partial charge in [-0.2, -0.15) is 0 Å². The lowest BCUT2D eigenvalue weighted by molar-refractivity contribution is -0.122. The molecule has 2 fully saturated rings. The van der Waals surface area contributed by atoms with E-state index in [4.69, 9.17) is 4.74 Å². The average Bonchev–Trinajstić information content (AvgIpc) is 3.54. The van der Waals surface area contributed by atoms with Crippen LogP contribution in [-0.4, -0.2) is 24.4 Å². The van der Waals surface area contributed by atoms with Crippen LogP contribution in [0.15, 0.2) is 103 Å². The van der Waals surface area contributed by atoms with Crippen LogP contribution in [0.5, 0.6) is 0 Å². The fourth-order valence-electron chi connectivity index (χ4n) is 6.05. The van der Waals surface area contributed by atoms with Crippen molar-refractivity contribution in [2.24, 2.45) is 23.7 Å². The summed E-state index contributed by atoms with van der Waals surface area (Å²) in [5, 5.41) is 0. The number of esters is 1. The van der Waals surface area contributed by atoms with Crippen LogP contribution in [0.1, 0.15) is 28.4 Å². The van der Waals surface area contributed by atoms with E-state index in [9.17, 15) is 14.4 Å². The maximum absolute atomic E-state index is 13.8. The zero-order valence-electron chi connectivity index (χ0n) is 19.8. The fraction of sp³-hybridized carbons (Fsp3) is 0.194. The van der Waals surface area contributed by atoms with E-state index in [0.717, 1.165) is 22.3 Å². The van der Waals surface area contributed by atoms with Crippen molar-refractivity contribution in [2.45, 2.75) is 6.92 Å². The van der Waals surface area contributed by atoms with Gasteiger partial charge in [0.1, 0.15) is 0 Å². The summed E-state index contributed by atoms with van der Waals surface area (Å²) in [6.07, 6.45) is 4.19. The Hall–Kier alpha value is -4.25. The molecule has 3 aromatic rings.